The van der Waals surface area contributed by atoms with E-state index in [1.54, 1.807) is 0 Å². The quantitative estimate of drug-likeness (QED) is 0.813. The molecule has 2 aliphatic heterocycles. The van der Waals surface area contributed by atoms with Crippen molar-refractivity contribution in [1.29, 1.82) is 0 Å². The van der Waals surface area contributed by atoms with Crippen molar-refractivity contribution in [2.24, 2.45) is 0 Å². The second kappa shape index (κ2) is 6.98. The van der Waals surface area contributed by atoms with Gasteiger partial charge in [0.1, 0.15) is 0 Å². The van der Waals surface area contributed by atoms with Crippen molar-refractivity contribution in [3.8, 4) is 0 Å². The molecule has 4 heteroatoms. The maximum absolute atomic E-state index is 3.75. The molecule has 0 aromatic rings. The minimum atomic E-state index is 0.751. The zero-order valence-corrected chi connectivity index (χ0v) is 12.1. The number of piperazine rings is 1. The number of likely N-dealkylation sites (N-methyl/N-ethyl adjacent to an activating group) is 1. The van der Waals surface area contributed by atoms with E-state index < -0.39 is 0 Å². The van der Waals surface area contributed by atoms with Crippen LogP contribution in [0.2, 0.25) is 0 Å². The molecule has 17 heavy (non-hydrogen) atoms. The van der Waals surface area contributed by atoms with Crippen molar-refractivity contribution in [3.63, 3.8) is 0 Å². The predicted octanol–water partition coefficient (Wildman–Crippen LogP) is 1.11. The largest absolute Gasteiger partial charge is 0.312 e. The molecule has 0 saturated carbocycles. The van der Waals surface area contributed by atoms with Crippen LogP contribution in [0.4, 0.5) is 0 Å². The lowest BCUT2D eigenvalue weighted by atomic mass is 10.1. The van der Waals surface area contributed by atoms with Gasteiger partial charge in [0.05, 0.1) is 0 Å². The van der Waals surface area contributed by atoms with E-state index in [4.69, 9.17) is 0 Å². The van der Waals surface area contributed by atoms with Crippen LogP contribution in [0.3, 0.4) is 0 Å². The minimum absolute atomic E-state index is 0.751. The Morgan fingerprint density at radius 1 is 1.24 bits per heavy atom. The Kier molecular flexibility index (Phi) is 5.60. The summed E-state index contributed by atoms with van der Waals surface area (Å²) in [5.74, 6) is 1.36. The number of hydrogen-bond donors (Lipinski definition) is 1. The van der Waals surface area contributed by atoms with Crippen molar-refractivity contribution in [1.82, 2.24) is 15.1 Å². The molecule has 2 fully saturated rings. The van der Waals surface area contributed by atoms with Crippen LogP contribution in [0, 0.1) is 0 Å². The molecule has 2 heterocycles. The van der Waals surface area contributed by atoms with Crippen molar-refractivity contribution in [3.05, 3.63) is 0 Å². The monoisotopic (exact) mass is 257 g/mol. The highest BCUT2D eigenvalue weighted by molar-refractivity contribution is 7.99. The van der Waals surface area contributed by atoms with Gasteiger partial charge in [0.2, 0.25) is 0 Å². The molecule has 2 rings (SSSR count). The van der Waals surface area contributed by atoms with Crippen molar-refractivity contribution < 1.29 is 0 Å². The van der Waals surface area contributed by atoms with Crippen molar-refractivity contribution in [2.75, 3.05) is 52.1 Å². The summed E-state index contributed by atoms with van der Waals surface area (Å²) in [7, 11) is 2.22. The van der Waals surface area contributed by atoms with E-state index in [2.05, 4.69) is 40.8 Å². The van der Waals surface area contributed by atoms with Gasteiger partial charge in [-0.05, 0) is 25.6 Å². The Labute approximate surface area is 110 Å². The van der Waals surface area contributed by atoms with Gasteiger partial charge in [0.15, 0.2) is 0 Å². The summed E-state index contributed by atoms with van der Waals surface area (Å²) in [5, 5.41) is 4.56. The van der Waals surface area contributed by atoms with Crippen LogP contribution in [0.5, 0.6) is 0 Å². The van der Waals surface area contributed by atoms with Gasteiger partial charge in [-0.3, -0.25) is 4.90 Å². The molecule has 0 aromatic heterocycles. The summed E-state index contributed by atoms with van der Waals surface area (Å²) in [6.07, 6.45) is 2.76. The fraction of sp³-hybridized carbons (Fsp3) is 1.00. The third kappa shape index (κ3) is 4.43. The molecule has 100 valence electrons. The van der Waals surface area contributed by atoms with E-state index in [9.17, 15) is 0 Å². The van der Waals surface area contributed by atoms with Crippen LogP contribution in [0.15, 0.2) is 0 Å². The first-order valence-corrected chi connectivity index (χ1v) is 8.06. The highest BCUT2D eigenvalue weighted by atomic mass is 32.2. The predicted molar refractivity (Wildman–Crippen MR) is 76.9 cm³/mol. The fourth-order valence-corrected chi connectivity index (χ4v) is 3.84. The Morgan fingerprint density at radius 3 is 2.71 bits per heavy atom. The maximum Gasteiger partial charge on any atom is 0.0184 e. The first kappa shape index (κ1) is 13.7. The third-order valence-corrected chi connectivity index (χ3v) is 5.42. The van der Waals surface area contributed by atoms with Gasteiger partial charge in [-0.25, -0.2) is 0 Å². The normalized spacial score (nSPS) is 32.8. The number of hydrogen-bond acceptors (Lipinski definition) is 4. The first-order valence-electron chi connectivity index (χ1n) is 7.01. The summed E-state index contributed by atoms with van der Waals surface area (Å²) in [4.78, 5) is 5.01. The molecule has 0 spiro atoms. The van der Waals surface area contributed by atoms with Crippen LogP contribution >= 0.6 is 11.8 Å². The second-order valence-electron chi connectivity index (χ2n) is 5.42. The highest BCUT2D eigenvalue weighted by Gasteiger charge is 2.21. The first-order chi connectivity index (χ1) is 8.25. The van der Waals surface area contributed by atoms with Crippen molar-refractivity contribution >= 4 is 11.8 Å². The van der Waals surface area contributed by atoms with Crippen LogP contribution in [0.25, 0.3) is 0 Å². The van der Waals surface area contributed by atoms with E-state index in [0.29, 0.717) is 0 Å². The van der Waals surface area contributed by atoms with E-state index in [-0.39, 0.29) is 0 Å². The van der Waals surface area contributed by atoms with E-state index in [0.717, 1.165) is 11.3 Å². The molecule has 2 saturated heterocycles. The molecule has 0 aromatic carbocycles. The molecule has 0 aliphatic carbocycles. The average Bonchev–Trinajstić information content (AvgIpc) is 2.34. The number of nitrogens with one attached hydrogen (secondary N) is 1. The molecule has 0 bridgehead atoms. The van der Waals surface area contributed by atoms with Gasteiger partial charge >= 0.3 is 0 Å². The zero-order chi connectivity index (χ0) is 12.1. The van der Waals surface area contributed by atoms with E-state index >= 15 is 0 Å². The summed E-state index contributed by atoms with van der Waals surface area (Å²) >= 11 is 2.13. The third-order valence-electron chi connectivity index (χ3n) is 4.04. The minimum Gasteiger partial charge on any atom is -0.312 e. The topological polar surface area (TPSA) is 18.5 Å². The maximum atomic E-state index is 3.75. The molecule has 3 nitrogen and oxygen atoms in total. The Balaban J connectivity index is 1.59. The van der Waals surface area contributed by atoms with Crippen LogP contribution in [-0.4, -0.2) is 73.2 Å². The Hall–Kier alpha value is 0.230. The molecular weight excluding hydrogens is 230 g/mol. The average molecular weight is 257 g/mol. The smallest absolute Gasteiger partial charge is 0.0184 e. The molecule has 2 unspecified atom stereocenters. The SMILES string of the molecule is CC1SCCCC1NCCN1CCN(C)CC1. The number of rotatable bonds is 4. The second-order valence-corrected chi connectivity index (χ2v) is 6.91. The lowest BCUT2D eigenvalue weighted by Gasteiger charge is -2.34. The summed E-state index contributed by atoms with van der Waals surface area (Å²) in [6.45, 7) is 9.71. The molecule has 0 radical (unpaired) electrons. The lowest BCUT2D eigenvalue weighted by Crippen LogP contribution is -2.48. The van der Waals surface area contributed by atoms with Crippen LogP contribution < -0.4 is 5.32 Å². The molecule has 0 amide bonds. The van der Waals surface area contributed by atoms with Crippen molar-refractivity contribution in [2.45, 2.75) is 31.1 Å². The van der Waals surface area contributed by atoms with Gasteiger partial charge in [0, 0.05) is 50.6 Å². The van der Waals surface area contributed by atoms with Crippen LogP contribution in [0.1, 0.15) is 19.8 Å². The van der Waals surface area contributed by atoms with E-state index in [1.165, 1.54) is 57.9 Å². The molecular formula is C13H27N3S. The highest BCUT2D eigenvalue weighted by Crippen LogP contribution is 2.24. The van der Waals surface area contributed by atoms with Gasteiger partial charge < -0.3 is 10.2 Å². The van der Waals surface area contributed by atoms with Gasteiger partial charge in [-0.15, -0.1) is 0 Å². The molecule has 2 aliphatic rings. The number of nitrogens with zero attached hydrogens (tertiary/aromatic N) is 2. The fourth-order valence-electron chi connectivity index (χ4n) is 2.67. The Bertz CT molecular complexity index is 217. The summed E-state index contributed by atoms with van der Waals surface area (Å²) in [6, 6.07) is 0.751. The Morgan fingerprint density at radius 2 is 2.00 bits per heavy atom. The van der Waals surface area contributed by atoms with Gasteiger partial charge in [-0.2, -0.15) is 11.8 Å². The standard InChI is InChI=1S/C13H27N3S/c1-12-13(4-3-11-17-12)14-5-6-16-9-7-15(2)8-10-16/h12-14H,3-11H2,1-2H3. The molecule has 1 N–H and O–H groups in total. The zero-order valence-electron chi connectivity index (χ0n) is 11.3. The van der Waals surface area contributed by atoms with E-state index in [1.807, 2.05) is 0 Å². The summed E-state index contributed by atoms with van der Waals surface area (Å²) in [5.41, 5.74) is 0. The van der Waals surface area contributed by atoms with Crippen LogP contribution in [-0.2, 0) is 0 Å². The lowest BCUT2D eigenvalue weighted by molar-refractivity contribution is 0.153. The van der Waals surface area contributed by atoms with Gasteiger partial charge in [0.25, 0.3) is 0 Å². The number of thioether (sulfide) groups is 1. The summed E-state index contributed by atoms with van der Waals surface area (Å²) < 4.78 is 0. The van der Waals surface area contributed by atoms with Gasteiger partial charge in [-0.1, -0.05) is 6.92 Å². The molecule has 2 atom stereocenters.